The van der Waals surface area contributed by atoms with Gasteiger partial charge in [0.05, 0.1) is 19.9 Å². The lowest BCUT2D eigenvalue weighted by molar-refractivity contribution is -0.117. The van der Waals surface area contributed by atoms with Gasteiger partial charge in [-0.05, 0) is 35.9 Å². The largest absolute Gasteiger partial charge is 0.497 e. The number of aromatic nitrogens is 4. The minimum absolute atomic E-state index is 0.0954. The van der Waals surface area contributed by atoms with E-state index in [0.29, 0.717) is 28.0 Å². The van der Waals surface area contributed by atoms with E-state index in [1.54, 1.807) is 25.3 Å². The second-order valence-corrected chi connectivity index (χ2v) is 6.13. The molecule has 1 aromatic heterocycles. The molecule has 0 aliphatic heterocycles. The Hall–Kier alpha value is -3.13. The molecule has 0 radical (unpaired) electrons. The van der Waals surface area contributed by atoms with Crippen LogP contribution in [-0.2, 0) is 11.3 Å². The minimum atomic E-state index is -0.315. The highest BCUT2D eigenvalue weighted by Gasteiger charge is 2.13. The van der Waals surface area contributed by atoms with Crippen molar-refractivity contribution in [1.29, 1.82) is 0 Å². The first-order chi connectivity index (χ1) is 13.0. The van der Waals surface area contributed by atoms with E-state index >= 15 is 0 Å². The molecule has 3 aromatic rings. The normalized spacial score (nSPS) is 10.5. The highest BCUT2D eigenvalue weighted by atomic mass is 35.5. The Bertz CT molecular complexity index is 973. The summed E-state index contributed by atoms with van der Waals surface area (Å²) in [6.45, 7) is 1.75. The number of hydrogen-bond acceptors (Lipinski definition) is 6. The van der Waals surface area contributed by atoms with Gasteiger partial charge < -0.3 is 14.8 Å². The quantitative estimate of drug-likeness (QED) is 0.699. The number of halogens is 1. The lowest BCUT2D eigenvalue weighted by atomic mass is 10.2. The molecule has 1 amide bonds. The smallest absolute Gasteiger partial charge is 0.248 e. The van der Waals surface area contributed by atoms with Gasteiger partial charge in [-0.25, -0.2) is 0 Å². The van der Waals surface area contributed by atoms with Crippen LogP contribution in [0.1, 0.15) is 5.56 Å². The van der Waals surface area contributed by atoms with Crippen LogP contribution >= 0.6 is 11.6 Å². The lowest BCUT2D eigenvalue weighted by Crippen LogP contribution is -2.21. The molecule has 0 fully saturated rings. The average molecular weight is 388 g/mol. The van der Waals surface area contributed by atoms with E-state index in [2.05, 4.69) is 20.7 Å². The molecule has 1 heterocycles. The number of nitrogens with zero attached hydrogens (tertiary/aromatic N) is 4. The van der Waals surface area contributed by atoms with Crippen LogP contribution in [0.15, 0.2) is 36.4 Å². The van der Waals surface area contributed by atoms with Crippen molar-refractivity contribution in [3.63, 3.8) is 0 Å². The van der Waals surface area contributed by atoms with Gasteiger partial charge in [0.15, 0.2) is 0 Å². The summed E-state index contributed by atoms with van der Waals surface area (Å²) >= 11 is 6.08. The van der Waals surface area contributed by atoms with Crippen molar-refractivity contribution in [2.75, 3.05) is 19.5 Å². The minimum Gasteiger partial charge on any atom is -0.497 e. The van der Waals surface area contributed by atoms with Crippen LogP contribution in [0.4, 0.5) is 5.69 Å². The van der Waals surface area contributed by atoms with Gasteiger partial charge in [-0.3, -0.25) is 4.79 Å². The van der Waals surface area contributed by atoms with E-state index in [4.69, 9.17) is 21.1 Å². The summed E-state index contributed by atoms with van der Waals surface area (Å²) in [5.74, 6) is 1.25. The van der Waals surface area contributed by atoms with E-state index < -0.39 is 0 Å². The summed E-state index contributed by atoms with van der Waals surface area (Å²) in [6, 6.07) is 10.7. The van der Waals surface area contributed by atoms with Crippen molar-refractivity contribution < 1.29 is 14.3 Å². The maximum Gasteiger partial charge on any atom is 0.248 e. The zero-order valence-corrected chi connectivity index (χ0v) is 15.8. The molecule has 0 atom stereocenters. The molecule has 0 spiro atoms. The zero-order valence-electron chi connectivity index (χ0n) is 15.1. The number of tetrazole rings is 1. The number of ether oxygens (including phenoxy) is 2. The standard InChI is InChI=1S/C18H18ClN5O3/c1-11-7-15(16(27-3)9-14(11)19)20-17(25)10-24-22-18(21-23-24)12-5-4-6-13(8-12)26-2/h4-9H,10H2,1-3H3,(H,20,25). The Morgan fingerprint density at radius 1 is 1.22 bits per heavy atom. The van der Waals surface area contributed by atoms with Crippen LogP contribution < -0.4 is 14.8 Å². The van der Waals surface area contributed by atoms with E-state index in [1.165, 1.54) is 11.9 Å². The molecule has 9 heteroatoms. The second-order valence-electron chi connectivity index (χ2n) is 5.73. The summed E-state index contributed by atoms with van der Waals surface area (Å²) in [7, 11) is 3.09. The fourth-order valence-electron chi connectivity index (χ4n) is 2.44. The summed E-state index contributed by atoms with van der Waals surface area (Å²) in [6.07, 6.45) is 0. The summed E-state index contributed by atoms with van der Waals surface area (Å²) < 4.78 is 10.4. The Morgan fingerprint density at radius 3 is 2.78 bits per heavy atom. The number of amides is 1. The fraction of sp³-hybridized carbons (Fsp3) is 0.222. The number of anilines is 1. The fourth-order valence-corrected chi connectivity index (χ4v) is 2.59. The van der Waals surface area contributed by atoms with Crippen molar-refractivity contribution in [3.05, 3.63) is 47.0 Å². The van der Waals surface area contributed by atoms with E-state index in [1.807, 2.05) is 25.1 Å². The van der Waals surface area contributed by atoms with E-state index in [-0.39, 0.29) is 12.5 Å². The number of benzene rings is 2. The number of hydrogen-bond donors (Lipinski definition) is 1. The van der Waals surface area contributed by atoms with Gasteiger partial charge in [0.2, 0.25) is 11.7 Å². The van der Waals surface area contributed by atoms with Crippen molar-refractivity contribution in [3.8, 4) is 22.9 Å². The van der Waals surface area contributed by atoms with Gasteiger partial charge in [-0.2, -0.15) is 4.80 Å². The van der Waals surface area contributed by atoms with Gasteiger partial charge >= 0.3 is 0 Å². The number of carbonyl (C=O) groups is 1. The molecule has 140 valence electrons. The van der Waals surface area contributed by atoms with Gasteiger partial charge in [-0.1, -0.05) is 23.7 Å². The van der Waals surface area contributed by atoms with E-state index in [9.17, 15) is 4.79 Å². The van der Waals surface area contributed by atoms with Crippen LogP contribution in [0.2, 0.25) is 5.02 Å². The monoisotopic (exact) mass is 387 g/mol. The topological polar surface area (TPSA) is 91.2 Å². The van der Waals surface area contributed by atoms with E-state index in [0.717, 1.165) is 11.1 Å². The van der Waals surface area contributed by atoms with Gasteiger partial charge in [0, 0.05) is 16.7 Å². The molecule has 3 rings (SSSR count). The first-order valence-electron chi connectivity index (χ1n) is 8.06. The molecular weight excluding hydrogens is 370 g/mol. The molecule has 0 aliphatic rings. The Morgan fingerprint density at radius 2 is 2.04 bits per heavy atom. The molecule has 27 heavy (non-hydrogen) atoms. The SMILES string of the molecule is COc1cccc(-c2nnn(CC(=O)Nc3cc(C)c(Cl)cc3OC)n2)c1. The first kappa shape index (κ1) is 18.7. The van der Waals surface area contributed by atoms with Crippen molar-refractivity contribution in [2.24, 2.45) is 0 Å². The summed E-state index contributed by atoms with van der Waals surface area (Å²) in [5, 5.41) is 15.5. The molecule has 2 aromatic carbocycles. The third-order valence-corrected chi connectivity index (χ3v) is 4.23. The maximum atomic E-state index is 12.3. The van der Waals surface area contributed by atoms with Crippen molar-refractivity contribution in [1.82, 2.24) is 20.2 Å². The number of rotatable bonds is 6. The number of aryl methyl sites for hydroxylation is 1. The number of carbonyl (C=O) groups excluding carboxylic acids is 1. The predicted molar refractivity (Wildman–Crippen MR) is 101 cm³/mol. The molecule has 1 N–H and O–H groups in total. The predicted octanol–water partition coefficient (Wildman–Crippen LogP) is 2.96. The molecule has 8 nitrogen and oxygen atoms in total. The Kier molecular flexibility index (Phi) is 5.56. The van der Waals surface area contributed by atoms with Crippen LogP contribution in [0.3, 0.4) is 0 Å². The van der Waals surface area contributed by atoms with Crippen LogP contribution in [0.25, 0.3) is 11.4 Å². The molecule has 0 bridgehead atoms. The molecule has 0 saturated carbocycles. The second kappa shape index (κ2) is 8.05. The lowest BCUT2D eigenvalue weighted by Gasteiger charge is -2.12. The van der Waals surface area contributed by atoms with Crippen molar-refractivity contribution in [2.45, 2.75) is 13.5 Å². The molecule has 0 saturated heterocycles. The third kappa shape index (κ3) is 4.35. The van der Waals surface area contributed by atoms with Crippen LogP contribution in [0.5, 0.6) is 11.5 Å². The zero-order chi connectivity index (χ0) is 19.4. The number of nitrogens with one attached hydrogen (secondary N) is 1. The highest BCUT2D eigenvalue weighted by molar-refractivity contribution is 6.31. The van der Waals surface area contributed by atoms with Gasteiger partial charge in [-0.15, -0.1) is 10.2 Å². The van der Waals surface area contributed by atoms with Crippen molar-refractivity contribution >= 4 is 23.2 Å². The van der Waals surface area contributed by atoms with Crippen LogP contribution in [0, 0.1) is 6.92 Å². The van der Waals surface area contributed by atoms with Crippen LogP contribution in [-0.4, -0.2) is 40.3 Å². The molecule has 0 aliphatic carbocycles. The number of methoxy groups -OCH3 is 2. The third-order valence-electron chi connectivity index (χ3n) is 3.82. The summed E-state index contributed by atoms with van der Waals surface area (Å²) in [5.41, 5.74) is 2.10. The maximum absolute atomic E-state index is 12.3. The first-order valence-corrected chi connectivity index (χ1v) is 8.44. The summed E-state index contributed by atoms with van der Waals surface area (Å²) in [4.78, 5) is 13.6. The highest BCUT2D eigenvalue weighted by Crippen LogP contribution is 2.30. The Balaban J connectivity index is 1.72. The molecule has 0 unspecified atom stereocenters. The van der Waals surface area contributed by atoms with Gasteiger partial charge in [0.25, 0.3) is 0 Å². The van der Waals surface area contributed by atoms with Gasteiger partial charge in [0.1, 0.15) is 18.0 Å². The average Bonchev–Trinajstić information content (AvgIpc) is 3.13. The molecular formula is C18H18ClN5O3. The Labute approximate surface area is 161 Å².